The molecule has 0 spiro atoms. The Morgan fingerprint density at radius 2 is 2.05 bits per heavy atom. The van der Waals surface area contributed by atoms with Gasteiger partial charge in [-0.3, -0.25) is 0 Å². The number of rotatable bonds is 3. The van der Waals surface area contributed by atoms with Crippen LogP contribution in [0.1, 0.15) is 33.5 Å². The van der Waals surface area contributed by atoms with Crippen LogP contribution in [0.4, 0.5) is 5.69 Å². The highest BCUT2D eigenvalue weighted by Crippen LogP contribution is 2.29. The van der Waals surface area contributed by atoms with Crippen molar-refractivity contribution < 1.29 is 5.11 Å². The maximum atomic E-state index is 9.49. The Labute approximate surface area is 114 Å². The molecule has 0 radical (unpaired) electrons. The predicted molar refractivity (Wildman–Crippen MR) is 78.7 cm³/mol. The number of imidazole rings is 1. The molecule has 104 valence electrons. The lowest BCUT2D eigenvalue weighted by Crippen LogP contribution is -2.23. The summed E-state index contributed by atoms with van der Waals surface area (Å²) in [4.78, 5) is 4.46. The number of nitrogens with zero attached hydrogens (tertiary/aromatic N) is 2. The summed E-state index contributed by atoms with van der Waals surface area (Å²) in [5.41, 5.74) is 8.59. The molecule has 0 aliphatic heterocycles. The SMILES string of the molecule is CC(Cn1c(CO)nc2cc(N)ccc21)C(C)(C)C. The van der Waals surface area contributed by atoms with Crippen molar-refractivity contribution in [2.24, 2.45) is 11.3 Å². The molecule has 4 nitrogen and oxygen atoms in total. The van der Waals surface area contributed by atoms with E-state index in [9.17, 15) is 5.11 Å². The summed E-state index contributed by atoms with van der Waals surface area (Å²) in [7, 11) is 0. The minimum absolute atomic E-state index is 0.0502. The number of nitrogens with two attached hydrogens (primary N) is 1. The van der Waals surface area contributed by atoms with Crippen molar-refractivity contribution >= 4 is 16.7 Å². The number of benzene rings is 1. The third-order valence-corrected chi connectivity index (χ3v) is 3.93. The second kappa shape index (κ2) is 4.85. The molecular formula is C15H23N3O. The molecule has 0 aliphatic rings. The van der Waals surface area contributed by atoms with E-state index in [0.717, 1.165) is 17.6 Å². The molecule has 2 aromatic rings. The Kier molecular flexibility index (Phi) is 3.54. The topological polar surface area (TPSA) is 64.1 Å². The smallest absolute Gasteiger partial charge is 0.135 e. The monoisotopic (exact) mass is 261 g/mol. The standard InChI is InChI=1S/C15H23N3O/c1-10(15(2,3)4)8-18-13-6-5-11(16)7-12(13)17-14(18)9-19/h5-7,10,19H,8-9,16H2,1-4H3. The number of anilines is 1. The van der Waals surface area contributed by atoms with Gasteiger partial charge in [-0.2, -0.15) is 0 Å². The first-order chi connectivity index (χ1) is 8.82. The summed E-state index contributed by atoms with van der Waals surface area (Å²) in [6, 6.07) is 5.71. The van der Waals surface area contributed by atoms with E-state index in [-0.39, 0.29) is 12.0 Å². The van der Waals surface area contributed by atoms with Crippen LogP contribution in [0.25, 0.3) is 11.0 Å². The van der Waals surface area contributed by atoms with Crippen molar-refractivity contribution in [3.8, 4) is 0 Å². The quantitative estimate of drug-likeness (QED) is 0.835. The Hall–Kier alpha value is -1.55. The first-order valence-electron chi connectivity index (χ1n) is 6.68. The minimum Gasteiger partial charge on any atom is -0.399 e. The van der Waals surface area contributed by atoms with Crippen LogP contribution in [0.3, 0.4) is 0 Å². The van der Waals surface area contributed by atoms with Crippen LogP contribution >= 0.6 is 0 Å². The van der Waals surface area contributed by atoms with E-state index in [1.165, 1.54) is 0 Å². The highest BCUT2D eigenvalue weighted by atomic mass is 16.3. The van der Waals surface area contributed by atoms with E-state index in [1.54, 1.807) is 0 Å². The lowest BCUT2D eigenvalue weighted by molar-refractivity contribution is 0.220. The molecule has 0 saturated carbocycles. The summed E-state index contributed by atoms with van der Waals surface area (Å²) >= 11 is 0. The van der Waals surface area contributed by atoms with Gasteiger partial charge in [-0.15, -0.1) is 0 Å². The fourth-order valence-corrected chi connectivity index (χ4v) is 2.07. The first kappa shape index (κ1) is 13.9. The van der Waals surface area contributed by atoms with Gasteiger partial charge in [0.25, 0.3) is 0 Å². The molecule has 0 fully saturated rings. The third-order valence-electron chi connectivity index (χ3n) is 3.93. The summed E-state index contributed by atoms with van der Waals surface area (Å²) in [6.45, 7) is 9.71. The molecule has 19 heavy (non-hydrogen) atoms. The van der Waals surface area contributed by atoms with Gasteiger partial charge >= 0.3 is 0 Å². The second-order valence-electron chi connectivity index (χ2n) is 6.31. The van der Waals surface area contributed by atoms with Crippen molar-refractivity contribution in [1.82, 2.24) is 9.55 Å². The van der Waals surface area contributed by atoms with Crippen LogP contribution in [0.15, 0.2) is 18.2 Å². The third kappa shape index (κ3) is 2.73. The maximum Gasteiger partial charge on any atom is 0.135 e. The number of hydrogen-bond acceptors (Lipinski definition) is 3. The van der Waals surface area contributed by atoms with Crippen LogP contribution in [-0.4, -0.2) is 14.7 Å². The zero-order chi connectivity index (χ0) is 14.2. The zero-order valence-corrected chi connectivity index (χ0v) is 12.1. The number of aromatic nitrogens is 2. The Morgan fingerprint density at radius 1 is 1.37 bits per heavy atom. The summed E-state index contributed by atoms with van der Waals surface area (Å²) in [6.07, 6.45) is 0. The van der Waals surface area contributed by atoms with Gasteiger partial charge in [-0.05, 0) is 29.5 Å². The Bertz CT molecular complexity index is 581. The van der Waals surface area contributed by atoms with Crippen LogP contribution in [0.5, 0.6) is 0 Å². The van der Waals surface area contributed by atoms with Gasteiger partial charge in [0.1, 0.15) is 12.4 Å². The molecule has 2 rings (SSSR count). The summed E-state index contributed by atoms with van der Waals surface area (Å²) < 4.78 is 2.10. The molecule has 1 atom stereocenters. The number of aliphatic hydroxyl groups excluding tert-OH is 1. The van der Waals surface area contributed by atoms with E-state index in [1.807, 2.05) is 18.2 Å². The van der Waals surface area contributed by atoms with E-state index >= 15 is 0 Å². The molecule has 1 aromatic carbocycles. The Morgan fingerprint density at radius 3 is 2.63 bits per heavy atom. The normalized spacial score (nSPS) is 13.9. The van der Waals surface area contributed by atoms with Gasteiger partial charge < -0.3 is 15.4 Å². The summed E-state index contributed by atoms with van der Waals surface area (Å²) in [5, 5.41) is 9.49. The van der Waals surface area contributed by atoms with Crippen molar-refractivity contribution in [2.75, 3.05) is 5.73 Å². The Balaban J connectivity index is 2.46. The van der Waals surface area contributed by atoms with Crippen LogP contribution < -0.4 is 5.73 Å². The molecule has 1 aromatic heterocycles. The fraction of sp³-hybridized carbons (Fsp3) is 0.533. The molecule has 0 aliphatic carbocycles. The largest absolute Gasteiger partial charge is 0.399 e. The zero-order valence-electron chi connectivity index (χ0n) is 12.1. The van der Waals surface area contributed by atoms with Crippen LogP contribution in [0, 0.1) is 11.3 Å². The number of aliphatic hydroxyl groups is 1. The molecular weight excluding hydrogens is 238 g/mol. The second-order valence-corrected chi connectivity index (χ2v) is 6.31. The maximum absolute atomic E-state index is 9.49. The van der Waals surface area contributed by atoms with Gasteiger partial charge in [-0.1, -0.05) is 27.7 Å². The number of nitrogen functional groups attached to an aromatic ring is 1. The van der Waals surface area contributed by atoms with Crippen molar-refractivity contribution in [2.45, 2.75) is 40.8 Å². The highest BCUT2D eigenvalue weighted by molar-refractivity contribution is 5.79. The average molecular weight is 261 g/mol. The molecule has 1 heterocycles. The highest BCUT2D eigenvalue weighted by Gasteiger charge is 2.22. The van der Waals surface area contributed by atoms with Crippen molar-refractivity contribution in [1.29, 1.82) is 0 Å². The lowest BCUT2D eigenvalue weighted by Gasteiger charge is -2.28. The van der Waals surface area contributed by atoms with Gasteiger partial charge in [0.05, 0.1) is 11.0 Å². The fourth-order valence-electron chi connectivity index (χ4n) is 2.07. The minimum atomic E-state index is -0.0502. The average Bonchev–Trinajstić information content (AvgIpc) is 2.65. The van der Waals surface area contributed by atoms with E-state index in [2.05, 4.69) is 37.2 Å². The summed E-state index contributed by atoms with van der Waals surface area (Å²) in [5.74, 6) is 1.18. The molecule has 0 bridgehead atoms. The van der Waals surface area contributed by atoms with E-state index in [0.29, 0.717) is 17.4 Å². The predicted octanol–water partition coefficient (Wildman–Crippen LogP) is 2.79. The first-order valence-corrected chi connectivity index (χ1v) is 6.68. The lowest BCUT2D eigenvalue weighted by atomic mass is 9.82. The van der Waals surface area contributed by atoms with Gasteiger partial charge in [0, 0.05) is 12.2 Å². The van der Waals surface area contributed by atoms with Crippen LogP contribution in [-0.2, 0) is 13.2 Å². The number of fused-ring (bicyclic) bond motifs is 1. The van der Waals surface area contributed by atoms with E-state index in [4.69, 9.17) is 5.73 Å². The molecule has 1 unspecified atom stereocenters. The van der Waals surface area contributed by atoms with Gasteiger partial charge in [0.2, 0.25) is 0 Å². The molecule has 0 amide bonds. The molecule has 4 heteroatoms. The molecule has 3 N–H and O–H groups in total. The number of hydrogen-bond donors (Lipinski definition) is 2. The van der Waals surface area contributed by atoms with Crippen molar-refractivity contribution in [3.63, 3.8) is 0 Å². The van der Waals surface area contributed by atoms with Crippen LogP contribution in [0.2, 0.25) is 0 Å². The van der Waals surface area contributed by atoms with Gasteiger partial charge in [0.15, 0.2) is 0 Å². The van der Waals surface area contributed by atoms with Gasteiger partial charge in [-0.25, -0.2) is 4.98 Å². The van der Waals surface area contributed by atoms with Crippen molar-refractivity contribution in [3.05, 3.63) is 24.0 Å². The van der Waals surface area contributed by atoms with E-state index < -0.39 is 0 Å². The molecule has 0 saturated heterocycles.